The molecule has 0 saturated heterocycles. The van der Waals surface area contributed by atoms with Crippen LogP contribution in [0.5, 0.6) is 0 Å². The summed E-state index contributed by atoms with van der Waals surface area (Å²) in [5.41, 5.74) is 2.50. The third kappa shape index (κ3) is 6.98. The molecule has 1 heterocycles. The lowest BCUT2D eigenvalue weighted by atomic mass is 9.96. The largest absolute Gasteiger partial charge is 0.335 e. The Morgan fingerprint density at radius 1 is 1.12 bits per heavy atom. The second-order valence-electron chi connectivity index (χ2n) is 8.18. The summed E-state index contributed by atoms with van der Waals surface area (Å²) in [5.74, 6) is 0. The van der Waals surface area contributed by atoms with Crippen molar-refractivity contribution < 1.29 is 18.0 Å². The number of fused-ring (bicyclic) bond motifs is 1. The number of carbonyl (C=O) groups excluding carboxylic acids is 2. The Balaban J connectivity index is 0.000000226. The van der Waals surface area contributed by atoms with E-state index in [0.29, 0.717) is 5.39 Å². The number of aldehydes is 1. The van der Waals surface area contributed by atoms with Crippen molar-refractivity contribution in [3.05, 3.63) is 70.3 Å². The van der Waals surface area contributed by atoms with E-state index >= 15 is 0 Å². The number of H-pyrrole nitrogens is 1. The molecule has 180 valence electrons. The van der Waals surface area contributed by atoms with E-state index in [1.807, 2.05) is 23.8 Å². The summed E-state index contributed by atoms with van der Waals surface area (Å²) in [6, 6.07) is 10.8. The molecule has 3 aromatic rings. The predicted molar refractivity (Wildman–Crippen MR) is 129 cm³/mol. The lowest BCUT2D eigenvalue weighted by molar-refractivity contribution is -0.107. The normalized spacial score (nSPS) is 14.0. The van der Waals surface area contributed by atoms with Crippen LogP contribution in [-0.2, 0) is 21.2 Å². The summed E-state index contributed by atoms with van der Waals surface area (Å²) in [4.78, 5) is 40.0. The molecule has 2 aromatic carbocycles. The number of sulfonamides is 1. The Bertz CT molecular complexity index is 1300. The average molecular weight is 485 g/mol. The first kappa shape index (κ1) is 25.1. The fourth-order valence-electron chi connectivity index (χ4n) is 3.72. The molecule has 1 aromatic heterocycles. The molecule has 1 aliphatic carbocycles. The Labute approximate surface area is 198 Å². The minimum Gasteiger partial charge on any atom is -0.335 e. The molecule has 0 bridgehead atoms. The minimum absolute atomic E-state index is 0.000873. The number of aromatic amines is 1. The van der Waals surface area contributed by atoms with E-state index in [-0.39, 0.29) is 22.9 Å². The highest BCUT2D eigenvalue weighted by molar-refractivity contribution is 7.90. The smallest absolute Gasteiger partial charge is 0.328 e. The summed E-state index contributed by atoms with van der Waals surface area (Å²) in [7, 11) is -3.89. The van der Waals surface area contributed by atoms with Crippen LogP contribution in [0.4, 0.5) is 4.79 Å². The number of nitrogens with zero attached hydrogens (tertiary/aromatic N) is 1. The standard InChI is InChI=1S/C15H20N2O4S.C9H8N2O/c18-11-10-12-6-8-14(9-7-12)22(20,21)17-15(19)16-13-4-2-1-3-5-13;1-6-2-3-7-8(4-6)10-5-11-9(7)12/h6-9,11,13H,1-5,10H2,(H2,16,17,19);2-5H,1H3,(H,10,11,12). The molecule has 0 atom stereocenters. The Hall–Kier alpha value is -3.53. The third-order valence-corrected chi connectivity index (χ3v) is 6.86. The number of aryl methyl sites for hydroxylation is 1. The van der Waals surface area contributed by atoms with Crippen molar-refractivity contribution in [1.29, 1.82) is 0 Å². The van der Waals surface area contributed by atoms with Crippen molar-refractivity contribution in [2.45, 2.75) is 56.4 Å². The van der Waals surface area contributed by atoms with Gasteiger partial charge in [-0.25, -0.2) is 22.9 Å². The van der Waals surface area contributed by atoms with E-state index in [4.69, 9.17) is 0 Å². The number of hydrogen-bond donors (Lipinski definition) is 3. The zero-order valence-corrected chi connectivity index (χ0v) is 19.7. The van der Waals surface area contributed by atoms with Gasteiger partial charge in [0, 0.05) is 12.5 Å². The molecule has 34 heavy (non-hydrogen) atoms. The van der Waals surface area contributed by atoms with E-state index < -0.39 is 16.1 Å². The number of carbonyl (C=O) groups is 2. The van der Waals surface area contributed by atoms with Gasteiger partial charge in [-0.05, 0) is 55.2 Å². The number of urea groups is 1. The molecule has 1 saturated carbocycles. The first-order valence-electron chi connectivity index (χ1n) is 11.1. The van der Waals surface area contributed by atoms with Gasteiger partial charge in [-0.2, -0.15) is 0 Å². The Morgan fingerprint density at radius 3 is 2.50 bits per heavy atom. The fraction of sp³-hybridized carbons (Fsp3) is 0.333. The van der Waals surface area contributed by atoms with Crippen molar-refractivity contribution >= 4 is 33.2 Å². The summed E-state index contributed by atoms with van der Waals surface area (Å²) in [6.07, 6.45) is 7.43. The minimum atomic E-state index is -3.89. The number of amides is 2. The van der Waals surface area contributed by atoms with Crippen LogP contribution in [0.2, 0.25) is 0 Å². The first-order chi connectivity index (χ1) is 16.3. The van der Waals surface area contributed by atoms with Gasteiger partial charge in [-0.1, -0.05) is 37.5 Å². The molecule has 0 aliphatic heterocycles. The van der Waals surface area contributed by atoms with Crippen LogP contribution < -0.4 is 15.6 Å². The lowest BCUT2D eigenvalue weighted by Crippen LogP contribution is -2.45. The highest BCUT2D eigenvalue weighted by Crippen LogP contribution is 2.17. The molecule has 0 spiro atoms. The lowest BCUT2D eigenvalue weighted by Gasteiger charge is -2.22. The number of rotatable bonds is 5. The van der Waals surface area contributed by atoms with Gasteiger partial charge in [0.05, 0.1) is 22.1 Å². The van der Waals surface area contributed by atoms with Crippen molar-refractivity contribution in [2.24, 2.45) is 0 Å². The zero-order valence-electron chi connectivity index (χ0n) is 18.9. The molecule has 0 radical (unpaired) electrons. The Kier molecular flexibility index (Phi) is 8.53. The van der Waals surface area contributed by atoms with Crippen LogP contribution in [-0.4, -0.2) is 36.7 Å². The van der Waals surface area contributed by atoms with Gasteiger partial charge < -0.3 is 15.1 Å². The summed E-state index contributed by atoms with van der Waals surface area (Å²) < 4.78 is 26.2. The van der Waals surface area contributed by atoms with Crippen LogP contribution in [0.15, 0.2) is 58.5 Å². The number of aromatic nitrogens is 2. The van der Waals surface area contributed by atoms with Gasteiger partial charge in [-0.3, -0.25) is 4.79 Å². The molecule has 1 fully saturated rings. The first-order valence-corrected chi connectivity index (χ1v) is 12.6. The summed E-state index contributed by atoms with van der Waals surface area (Å²) in [5, 5.41) is 3.34. The van der Waals surface area contributed by atoms with Crippen LogP contribution in [0.25, 0.3) is 10.9 Å². The Morgan fingerprint density at radius 2 is 1.82 bits per heavy atom. The van der Waals surface area contributed by atoms with Crippen LogP contribution in [0.3, 0.4) is 0 Å². The predicted octanol–water partition coefficient (Wildman–Crippen LogP) is 2.98. The van der Waals surface area contributed by atoms with Gasteiger partial charge in [0.25, 0.3) is 15.6 Å². The van der Waals surface area contributed by atoms with Crippen molar-refractivity contribution in [3.63, 3.8) is 0 Å². The van der Waals surface area contributed by atoms with Gasteiger partial charge >= 0.3 is 6.03 Å². The summed E-state index contributed by atoms with van der Waals surface area (Å²) in [6.45, 7) is 1.97. The number of nitrogens with one attached hydrogen (secondary N) is 3. The van der Waals surface area contributed by atoms with Crippen LogP contribution in [0.1, 0.15) is 43.2 Å². The molecule has 9 nitrogen and oxygen atoms in total. The maximum Gasteiger partial charge on any atom is 0.328 e. The molecule has 2 amide bonds. The monoisotopic (exact) mass is 484 g/mol. The van der Waals surface area contributed by atoms with Gasteiger partial charge in [-0.15, -0.1) is 0 Å². The highest BCUT2D eigenvalue weighted by atomic mass is 32.2. The highest BCUT2D eigenvalue weighted by Gasteiger charge is 2.21. The van der Waals surface area contributed by atoms with E-state index in [1.54, 1.807) is 18.2 Å². The van der Waals surface area contributed by atoms with Gasteiger partial charge in [0.2, 0.25) is 0 Å². The molecule has 3 N–H and O–H groups in total. The molecule has 1 aliphatic rings. The average Bonchev–Trinajstić information content (AvgIpc) is 2.80. The van der Waals surface area contributed by atoms with Crippen molar-refractivity contribution in [1.82, 2.24) is 20.0 Å². The number of hydrogen-bond acceptors (Lipinski definition) is 6. The molecular formula is C24H28N4O5S. The molecule has 0 unspecified atom stereocenters. The van der Waals surface area contributed by atoms with Crippen LogP contribution in [0, 0.1) is 6.92 Å². The maximum absolute atomic E-state index is 12.1. The SMILES string of the molecule is Cc1ccc2c(=O)[nH]cnc2c1.O=CCc1ccc(S(=O)(=O)NC(=O)NC2CCCCC2)cc1. The quantitative estimate of drug-likeness (QED) is 0.476. The van der Waals surface area contributed by atoms with E-state index in [0.717, 1.165) is 55.0 Å². The topological polar surface area (TPSA) is 138 Å². The molecule has 4 rings (SSSR count). The third-order valence-electron chi connectivity index (χ3n) is 5.52. The fourth-order valence-corrected chi connectivity index (χ4v) is 4.64. The van der Waals surface area contributed by atoms with Gasteiger partial charge in [0.15, 0.2) is 0 Å². The van der Waals surface area contributed by atoms with Crippen LogP contribution >= 0.6 is 0 Å². The second-order valence-corrected chi connectivity index (χ2v) is 9.86. The molecular weight excluding hydrogens is 456 g/mol. The van der Waals surface area contributed by atoms with Crippen molar-refractivity contribution in [2.75, 3.05) is 0 Å². The summed E-state index contributed by atoms with van der Waals surface area (Å²) >= 11 is 0. The van der Waals surface area contributed by atoms with E-state index in [1.165, 1.54) is 18.5 Å². The van der Waals surface area contributed by atoms with Crippen molar-refractivity contribution in [3.8, 4) is 0 Å². The van der Waals surface area contributed by atoms with Gasteiger partial charge in [0.1, 0.15) is 6.29 Å². The zero-order chi connectivity index (χ0) is 24.6. The van der Waals surface area contributed by atoms with E-state index in [2.05, 4.69) is 15.3 Å². The number of benzene rings is 2. The molecule has 10 heteroatoms. The second kappa shape index (κ2) is 11.6. The maximum atomic E-state index is 12.1. The van der Waals surface area contributed by atoms with E-state index in [9.17, 15) is 22.8 Å².